The van der Waals surface area contributed by atoms with Gasteiger partial charge in [0, 0.05) is 5.56 Å². The van der Waals surface area contributed by atoms with E-state index in [1.165, 1.54) is 0 Å². The lowest BCUT2D eigenvalue weighted by Crippen LogP contribution is -1.86. The van der Waals surface area contributed by atoms with Crippen molar-refractivity contribution in [1.29, 1.82) is 0 Å². The van der Waals surface area contributed by atoms with Crippen LogP contribution in [0.3, 0.4) is 0 Å². The summed E-state index contributed by atoms with van der Waals surface area (Å²) in [5, 5.41) is 8.17. The van der Waals surface area contributed by atoms with Gasteiger partial charge in [-0.3, -0.25) is 2.78 Å². The summed E-state index contributed by atoms with van der Waals surface area (Å²) in [6, 6.07) is 14.2. The van der Waals surface area contributed by atoms with Gasteiger partial charge in [-0.1, -0.05) is 17.3 Å². The molecule has 0 amide bonds. The minimum Gasteiger partial charge on any atom is -0.264 e. The van der Waals surface area contributed by atoms with Crippen molar-refractivity contribution in [3.05, 3.63) is 42.5 Å². The third-order valence-electron chi connectivity index (χ3n) is 3.17. The molecule has 0 unspecified atom stereocenters. The van der Waals surface area contributed by atoms with E-state index < -0.39 is 0 Å². The summed E-state index contributed by atoms with van der Waals surface area (Å²) >= 11 is 4.40. The van der Waals surface area contributed by atoms with Crippen molar-refractivity contribution >= 4 is 67.8 Å². The highest BCUT2D eigenvalue weighted by Crippen LogP contribution is 2.28. The second-order valence-electron chi connectivity index (χ2n) is 4.36. The van der Waals surface area contributed by atoms with E-state index in [4.69, 9.17) is 4.98 Å². The van der Waals surface area contributed by atoms with Gasteiger partial charge < -0.3 is 0 Å². The first-order valence-corrected chi connectivity index (χ1v) is 7.82. The molecule has 0 atom stereocenters. The second kappa shape index (κ2) is 4.65. The molecule has 5 nitrogen and oxygen atoms in total. The van der Waals surface area contributed by atoms with E-state index in [9.17, 15) is 0 Å². The normalized spacial score (nSPS) is 11.5. The van der Waals surface area contributed by atoms with Gasteiger partial charge in [0.05, 0.1) is 56.8 Å². The molecule has 0 fully saturated rings. The molecular weight excluding hydrogens is 480 g/mol. The molecule has 4 aromatic rings. The van der Waals surface area contributed by atoms with Gasteiger partial charge in [-0.25, -0.2) is 4.98 Å². The number of fused-ring (bicyclic) bond motifs is 2. The van der Waals surface area contributed by atoms with Crippen LogP contribution in [0.15, 0.2) is 42.5 Å². The molecule has 2 aromatic heterocycles. The predicted molar refractivity (Wildman–Crippen MR) is 95.1 cm³/mol. The number of halogens is 2. The minimum atomic E-state index is 0.875. The van der Waals surface area contributed by atoms with E-state index in [-0.39, 0.29) is 0 Å². The number of hydrogen-bond donors (Lipinski definition) is 0. The van der Waals surface area contributed by atoms with E-state index >= 15 is 0 Å². The number of benzene rings is 2. The van der Waals surface area contributed by atoms with Crippen molar-refractivity contribution in [2.24, 2.45) is 0 Å². The molecule has 0 spiro atoms. The topological polar surface area (TPSA) is 48.5 Å². The molecule has 0 aliphatic heterocycles. The molecule has 0 N–H and O–H groups in total. The highest BCUT2D eigenvalue weighted by Gasteiger charge is 2.12. The molecule has 0 saturated carbocycles. The number of nitrogens with zero attached hydrogens (tertiary/aromatic N) is 5. The van der Waals surface area contributed by atoms with Crippen molar-refractivity contribution in [1.82, 2.24) is 21.0 Å². The maximum atomic E-state index is 4.69. The first-order valence-electron chi connectivity index (χ1n) is 5.90. The fourth-order valence-corrected chi connectivity index (χ4v) is 3.51. The van der Waals surface area contributed by atoms with Crippen molar-refractivity contribution in [2.75, 3.05) is 0 Å². The zero-order chi connectivity index (χ0) is 13.7. The van der Waals surface area contributed by atoms with Crippen LogP contribution in [0.5, 0.6) is 0 Å². The summed E-state index contributed by atoms with van der Waals surface area (Å²) in [6.07, 6.45) is 0. The maximum Gasteiger partial charge on any atom is 0.150 e. The lowest BCUT2D eigenvalue weighted by Gasteiger charge is -2.00. The van der Waals surface area contributed by atoms with Crippen LogP contribution in [0.1, 0.15) is 0 Å². The summed E-state index contributed by atoms with van der Waals surface area (Å²) in [6.45, 7) is 0. The van der Waals surface area contributed by atoms with Gasteiger partial charge in [0.15, 0.2) is 0 Å². The Morgan fingerprint density at radius 3 is 2.60 bits per heavy atom. The van der Waals surface area contributed by atoms with Crippen LogP contribution in [-0.2, 0) is 0 Å². The predicted octanol–water partition coefficient (Wildman–Crippen LogP) is 3.84. The Morgan fingerprint density at radius 2 is 1.75 bits per heavy atom. The van der Waals surface area contributed by atoms with Crippen LogP contribution in [0.25, 0.3) is 33.5 Å². The first kappa shape index (κ1) is 12.5. The van der Waals surface area contributed by atoms with Gasteiger partial charge >= 0.3 is 0 Å². The standard InChI is InChI=1S/C13H7I2N5/c14-19-11-4-2-1-3-9(11)16-13(19)8-5-6-12-10(7-8)17-18-20(12)15/h1-7H. The summed E-state index contributed by atoms with van der Waals surface area (Å²) in [4.78, 5) is 4.69. The fourth-order valence-electron chi connectivity index (χ4n) is 2.21. The zero-order valence-corrected chi connectivity index (χ0v) is 14.3. The molecule has 7 heteroatoms. The highest BCUT2D eigenvalue weighted by atomic mass is 127. The Morgan fingerprint density at radius 1 is 0.900 bits per heavy atom. The molecular formula is C13H7I2N5. The van der Waals surface area contributed by atoms with Crippen LogP contribution in [0.4, 0.5) is 0 Å². The van der Waals surface area contributed by atoms with Gasteiger partial charge in [-0.2, -0.15) is 2.90 Å². The molecule has 2 aromatic carbocycles. The third kappa shape index (κ3) is 1.83. The van der Waals surface area contributed by atoms with E-state index in [2.05, 4.69) is 71.0 Å². The summed E-state index contributed by atoms with van der Waals surface area (Å²) in [5.41, 5.74) is 5.03. The number of imidazole rings is 1. The molecule has 4 rings (SSSR count). The van der Waals surface area contributed by atoms with Crippen LogP contribution < -0.4 is 0 Å². The fraction of sp³-hybridized carbons (Fsp3) is 0. The largest absolute Gasteiger partial charge is 0.264 e. The molecule has 2 heterocycles. The average Bonchev–Trinajstić information content (AvgIpc) is 3.01. The Bertz CT molecular complexity index is 940. The first-order chi connectivity index (χ1) is 9.74. The summed E-state index contributed by atoms with van der Waals surface area (Å²) in [5.74, 6) is 0.928. The SMILES string of the molecule is In1nnc2cc(-c3nc4ccccc4n3I)ccc21. The number of hydrogen-bond acceptors (Lipinski definition) is 3. The monoisotopic (exact) mass is 487 g/mol. The van der Waals surface area contributed by atoms with E-state index in [1.54, 1.807) is 2.90 Å². The zero-order valence-electron chi connectivity index (χ0n) is 10.0. The van der Waals surface area contributed by atoms with E-state index in [0.29, 0.717) is 0 Å². The average molecular weight is 487 g/mol. The Balaban J connectivity index is 1.98. The minimum absolute atomic E-state index is 0.875. The van der Waals surface area contributed by atoms with E-state index in [0.717, 1.165) is 33.5 Å². The van der Waals surface area contributed by atoms with Gasteiger partial charge in [0.1, 0.15) is 16.9 Å². The third-order valence-corrected chi connectivity index (χ3v) is 4.86. The quantitative estimate of drug-likeness (QED) is 0.384. The van der Waals surface area contributed by atoms with Gasteiger partial charge in [0.25, 0.3) is 0 Å². The summed E-state index contributed by atoms with van der Waals surface area (Å²) < 4.78 is 3.81. The van der Waals surface area contributed by atoms with Gasteiger partial charge in [-0.15, -0.1) is 5.10 Å². The number of rotatable bonds is 1. The number of aromatic nitrogens is 5. The van der Waals surface area contributed by atoms with E-state index in [1.807, 2.05) is 30.3 Å². The molecule has 0 saturated heterocycles. The van der Waals surface area contributed by atoms with Crippen LogP contribution in [-0.4, -0.2) is 21.0 Å². The Labute approximate surface area is 142 Å². The molecule has 98 valence electrons. The molecule has 0 aliphatic rings. The molecule has 0 aliphatic carbocycles. The molecule has 0 radical (unpaired) electrons. The van der Waals surface area contributed by atoms with Crippen molar-refractivity contribution in [2.45, 2.75) is 0 Å². The van der Waals surface area contributed by atoms with Crippen molar-refractivity contribution in [3.63, 3.8) is 0 Å². The lowest BCUT2D eigenvalue weighted by molar-refractivity contribution is 0.938. The van der Waals surface area contributed by atoms with Crippen molar-refractivity contribution in [3.8, 4) is 11.4 Å². The van der Waals surface area contributed by atoms with Gasteiger partial charge in [0.2, 0.25) is 0 Å². The smallest absolute Gasteiger partial charge is 0.150 e. The molecule has 0 bridgehead atoms. The second-order valence-corrected chi connectivity index (χ2v) is 6.24. The summed E-state index contributed by atoms with van der Waals surface area (Å²) in [7, 11) is 0. The van der Waals surface area contributed by atoms with Crippen LogP contribution in [0, 0.1) is 0 Å². The highest BCUT2D eigenvalue weighted by molar-refractivity contribution is 14.1. The number of para-hydroxylation sites is 2. The van der Waals surface area contributed by atoms with Crippen molar-refractivity contribution < 1.29 is 0 Å². The lowest BCUT2D eigenvalue weighted by atomic mass is 10.2. The van der Waals surface area contributed by atoms with Gasteiger partial charge in [-0.05, 0) is 30.3 Å². The Hall–Kier alpha value is -1.23. The molecule has 20 heavy (non-hydrogen) atoms. The Kier molecular flexibility index (Phi) is 2.91. The maximum absolute atomic E-state index is 4.69. The van der Waals surface area contributed by atoms with Crippen LogP contribution >= 0.6 is 45.7 Å². The van der Waals surface area contributed by atoms with Crippen LogP contribution in [0.2, 0.25) is 0 Å².